The largest absolute Gasteiger partial charge is 0.275 e. The summed E-state index contributed by atoms with van der Waals surface area (Å²) in [5.41, 5.74) is 2.93. The van der Waals surface area contributed by atoms with Crippen LogP contribution >= 0.6 is 45.2 Å². The van der Waals surface area contributed by atoms with E-state index in [4.69, 9.17) is 5.84 Å². The van der Waals surface area contributed by atoms with Gasteiger partial charge in [-0.3, -0.25) is 9.59 Å². The summed E-state index contributed by atoms with van der Waals surface area (Å²) in [6.45, 7) is 3.91. The van der Waals surface area contributed by atoms with Crippen molar-refractivity contribution in [2.24, 2.45) is 5.84 Å². The summed E-state index contributed by atoms with van der Waals surface area (Å²) in [5, 5.41) is 0.668. The van der Waals surface area contributed by atoms with E-state index >= 15 is 0 Å². The Labute approximate surface area is 156 Å². The molecule has 0 aliphatic carbocycles. The zero-order chi connectivity index (χ0) is 16.4. The lowest BCUT2D eigenvalue weighted by Crippen LogP contribution is -2.42. The van der Waals surface area contributed by atoms with E-state index in [1.54, 1.807) is 24.3 Å². The zero-order valence-electron chi connectivity index (χ0n) is 12.1. The van der Waals surface area contributed by atoms with Crippen LogP contribution in [0.3, 0.4) is 0 Å². The van der Waals surface area contributed by atoms with Gasteiger partial charge in [-0.2, -0.15) is 0 Å². The van der Waals surface area contributed by atoms with Gasteiger partial charge in [-0.15, -0.1) is 0 Å². The molecular formula is C16H14I2N2O2. The van der Waals surface area contributed by atoms with Crippen LogP contribution in [0, 0.1) is 21.0 Å². The molecule has 22 heavy (non-hydrogen) atoms. The molecule has 0 saturated carbocycles. The Morgan fingerprint density at radius 3 is 1.55 bits per heavy atom. The van der Waals surface area contributed by atoms with E-state index in [1.165, 1.54) is 0 Å². The lowest BCUT2D eigenvalue weighted by molar-refractivity contribution is 0.0615. The highest BCUT2D eigenvalue weighted by atomic mass is 127. The molecule has 0 aliphatic heterocycles. The topological polar surface area (TPSA) is 63.4 Å². The van der Waals surface area contributed by atoms with Crippen LogP contribution in [0.2, 0.25) is 0 Å². The first-order chi connectivity index (χ1) is 10.3. The van der Waals surface area contributed by atoms with Crippen molar-refractivity contribution in [3.8, 4) is 0 Å². The zero-order valence-corrected chi connectivity index (χ0v) is 16.4. The van der Waals surface area contributed by atoms with Crippen molar-refractivity contribution in [2.45, 2.75) is 13.8 Å². The van der Waals surface area contributed by atoms with Gasteiger partial charge in [-0.05, 0) is 94.4 Å². The fraction of sp³-hybridized carbons (Fsp3) is 0.125. The molecule has 114 valence electrons. The summed E-state index contributed by atoms with van der Waals surface area (Å²) in [7, 11) is 0. The van der Waals surface area contributed by atoms with Crippen LogP contribution < -0.4 is 5.84 Å². The van der Waals surface area contributed by atoms with Crippen LogP contribution in [0.5, 0.6) is 0 Å². The smallest absolute Gasteiger partial charge is 0.267 e. The van der Waals surface area contributed by atoms with Crippen LogP contribution in [0.1, 0.15) is 31.8 Å². The monoisotopic (exact) mass is 520 g/mol. The summed E-state index contributed by atoms with van der Waals surface area (Å²) < 4.78 is 1.91. The van der Waals surface area contributed by atoms with Crippen molar-refractivity contribution in [1.82, 2.24) is 5.01 Å². The molecular weight excluding hydrogens is 506 g/mol. The van der Waals surface area contributed by atoms with Crippen LogP contribution in [-0.2, 0) is 0 Å². The molecule has 2 aromatic rings. The summed E-state index contributed by atoms with van der Waals surface area (Å²) >= 11 is 4.29. The van der Waals surface area contributed by atoms with E-state index in [2.05, 4.69) is 45.2 Å². The number of nitrogens with two attached hydrogens (primary N) is 1. The van der Waals surface area contributed by atoms with Crippen molar-refractivity contribution < 1.29 is 9.59 Å². The average molecular weight is 520 g/mol. The number of rotatable bonds is 2. The molecule has 0 unspecified atom stereocenters. The second-order valence-electron chi connectivity index (χ2n) is 4.91. The molecule has 0 spiro atoms. The summed E-state index contributed by atoms with van der Waals surface area (Å²) in [6.07, 6.45) is 0. The number of hydrogen-bond acceptors (Lipinski definition) is 3. The van der Waals surface area contributed by atoms with Gasteiger partial charge in [0.05, 0.1) is 0 Å². The third-order valence-corrected chi connectivity index (χ3v) is 5.60. The molecule has 2 amide bonds. The maximum Gasteiger partial charge on any atom is 0.275 e. The second-order valence-corrected chi connectivity index (χ2v) is 7.23. The summed E-state index contributed by atoms with van der Waals surface area (Å²) in [4.78, 5) is 24.7. The Balaban J connectivity index is 2.27. The van der Waals surface area contributed by atoms with E-state index in [0.29, 0.717) is 16.1 Å². The fourth-order valence-electron chi connectivity index (χ4n) is 1.82. The van der Waals surface area contributed by atoms with E-state index in [9.17, 15) is 9.59 Å². The molecule has 2 aromatic carbocycles. The molecule has 0 atom stereocenters. The lowest BCUT2D eigenvalue weighted by Gasteiger charge is -2.16. The molecule has 6 heteroatoms. The maximum absolute atomic E-state index is 12.3. The minimum Gasteiger partial charge on any atom is -0.267 e. The number of hydrogen-bond donors (Lipinski definition) is 1. The Kier molecular flexibility index (Phi) is 5.56. The minimum atomic E-state index is -0.515. The Hall–Kier alpha value is -1.000. The van der Waals surface area contributed by atoms with Gasteiger partial charge >= 0.3 is 0 Å². The molecule has 0 bridgehead atoms. The van der Waals surface area contributed by atoms with Gasteiger partial charge < -0.3 is 0 Å². The van der Waals surface area contributed by atoms with Gasteiger partial charge in [0.1, 0.15) is 0 Å². The molecule has 0 radical (unpaired) electrons. The number of hydrazine groups is 1. The highest BCUT2D eigenvalue weighted by molar-refractivity contribution is 14.1. The van der Waals surface area contributed by atoms with Crippen molar-refractivity contribution in [3.63, 3.8) is 0 Å². The number of benzene rings is 2. The second kappa shape index (κ2) is 7.05. The first-order valence-corrected chi connectivity index (χ1v) is 8.63. The van der Waals surface area contributed by atoms with Crippen molar-refractivity contribution in [3.05, 3.63) is 65.8 Å². The first kappa shape index (κ1) is 17.4. The van der Waals surface area contributed by atoms with E-state index < -0.39 is 11.8 Å². The molecule has 0 fully saturated rings. The van der Waals surface area contributed by atoms with Gasteiger partial charge in [-0.25, -0.2) is 10.9 Å². The van der Waals surface area contributed by atoms with Gasteiger partial charge in [-0.1, -0.05) is 12.1 Å². The predicted molar refractivity (Wildman–Crippen MR) is 102 cm³/mol. The van der Waals surface area contributed by atoms with Gasteiger partial charge in [0.15, 0.2) is 0 Å². The summed E-state index contributed by atoms with van der Waals surface area (Å²) in [5.74, 6) is 4.70. The van der Waals surface area contributed by atoms with Crippen LogP contribution in [0.4, 0.5) is 0 Å². The number of aryl methyl sites for hydroxylation is 2. The third-order valence-electron chi connectivity index (χ3n) is 3.28. The SMILES string of the molecule is Cc1ccc(C(=O)N(N)C(=O)c2ccc(C)c(I)c2)cc1I. The Morgan fingerprint density at radius 2 is 1.23 bits per heavy atom. The summed E-state index contributed by atoms with van der Waals surface area (Å²) in [6, 6.07) is 10.5. The standard InChI is InChI=1S/C16H14I2N2O2/c1-9-3-5-11(7-13(9)17)15(21)20(19)16(22)12-6-4-10(2)14(18)8-12/h3-8H,19H2,1-2H3. The number of imide groups is 1. The Morgan fingerprint density at radius 1 is 0.864 bits per heavy atom. The van der Waals surface area contributed by atoms with Gasteiger partial charge in [0.2, 0.25) is 0 Å². The van der Waals surface area contributed by atoms with Gasteiger partial charge in [0, 0.05) is 18.3 Å². The number of amides is 2. The van der Waals surface area contributed by atoms with E-state index in [-0.39, 0.29) is 0 Å². The number of carbonyl (C=O) groups is 2. The number of nitrogens with zero attached hydrogens (tertiary/aromatic N) is 1. The highest BCUT2D eigenvalue weighted by Gasteiger charge is 2.21. The normalized spacial score (nSPS) is 10.4. The van der Waals surface area contributed by atoms with E-state index in [0.717, 1.165) is 18.3 Å². The molecule has 0 aromatic heterocycles. The third kappa shape index (κ3) is 3.66. The average Bonchev–Trinajstić information content (AvgIpc) is 2.50. The molecule has 0 aliphatic rings. The molecule has 0 saturated heterocycles. The number of halogens is 2. The lowest BCUT2D eigenvalue weighted by atomic mass is 10.1. The molecule has 4 nitrogen and oxygen atoms in total. The van der Waals surface area contributed by atoms with Gasteiger partial charge in [0.25, 0.3) is 11.8 Å². The maximum atomic E-state index is 12.3. The Bertz CT molecular complexity index is 696. The highest BCUT2D eigenvalue weighted by Crippen LogP contribution is 2.17. The van der Waals surface area contributed by atoms with E-state index in [1.807, 2.05) is 26.0 Å². The van der Waals surface area contributed by atoms with Crippen molar-refractivity contribution in [2.75, 3.05) is 0 Å². The van der Waals surface area contributed by atoms with Crippen molar-refractivity contribution >= 4 is 57.0 Å². The predicted octanol–water partition coefficient (Wildman–Crippen LogP) is 3.67. The quantitative estimate of drug-likeness (QED) is 0.216. The minimum absolute atomic E-state index is 0.396. The first-order valence-electron chi connectivity index (χ1n) is 6.47. The number of carbonyl (C=O) groups excluding carboxylic acids is 2. The molecule has 2 rings (SSSR count). The molecule has 0 heterocycles. The van der Waals surface area contributed by atoms with Crippen molar-refractivity contribution in [1.29, 1.82) is 0 Å². The van der Waals surface area contributed by atoms with Crippen LogP contribution in [0.25, 0.3) is 0 Å². The van der Waals surface area contributed by atoms with Crippen LogP contribution in [0.15, 0.2) is 36.4 Å². The molecule has 2 N–H and O–H groups in total. The fourth-order valence-corrected chi connectivity index (χ4v) is 2.85. The van der Waals surface area contributed by atoms with Crippen LogP contribution in [-0.4, -0.2) is 16.8 Å².